The van der Waals surface area contributed by atoms with E-state index in [0.29, 0.717) is 23.7 Å². The predicted molar refractivity (Wildman–Crippen MR) is 163 cm³/mol. The van der Waals surface area contributed by atoms with Gasteiger partial charge in [0, 0.05) is 43.6 Å². The lowest BCUT2D eigenvalue weighted by atomic mass is 9.72. The minimum Gasteiger partial charge on any atom is -0.390 e. The number of benzene rings is 1. The molecule has 4 atom stereocenters. The number of rotatable bonds is 8. The Balaban J connectivity index is 1.03. The Bertz CT molecular complexity index is 1380. The van der Waals surface area contributed by atoms with Crippen LogP contribution >= 0.6 is 0 Å². The predicted octanol–water partition coefficient (Wildman–Crippen LogP) is 3.68. The van der Waals surface area contributed by atoms with E-state index in [1.54, 1.807) is 0 Å². The van der Waals surface area contributed by atoms with Gasteiger partial charge in [-0.1, -0.05) is 26.8 Å². The van der Waals surface area contributed by atoms with Gasteiger partial charge in [0.2, 0.25) is 0 Å². The third-order valence-electron chi connectivity index (χ3n) is 9.91. The van der Waals surface area contributed by atoms with Crippen LogP contribution in [0.15, 0.2) is 24.5 Å². The number of aromatic nitrogens is 4. The molecule has 2 aliphatic carbocycles. The summed E-state index contributed by atoms with van der Waals surface area (Å²) >= 11 is 0. The Morgan fingerprint density at radius 1 is 1.07 bits per heavy atom. The number of aliphatic hydroxyl groups excluding tert-OH is 2. The van der Waals surface area contributed by atoms with Crippen LogP contribution in [0.3, 0.4) is 0 Å². The molecular formula is C32H47N7O2. The highest BCUT2D eigenvalue weighted by atomic mass is 16.3. The molecule has 0 radical (unpaired) electrons. The summed E-state index contributed by atoms with van der Waals surface area (Å²) in [6, 6.07) is 6.81. The van der Waals surface area contributed by atoms with Gasteiger partial charge in [-0.2, -0.15) is 0 Å². The third-order valence-corrected chi connectivity index (χ3v) is 9.91. The van der Waals surface area contributed by atoms with Crippen LogP contribution < -0.4 is 10.6 Å². The summed E-state index contributed by atoms with van der Waals surface area (Å²) in [4.78, 5) is 21.7. The minimum atomic E-state index is -0.799. The molecule has 2 aromatic heterocycles. The monoisotopic (exact) mass is 561 g/mol. The Labute approximate surface area is 243 Å². The van der Waals surface area contributed by atoms with Crippen molar-refractivity contribution in [2.45, 2.75) is 96.4 Å². The Morgan fingerprint density at radius 3 is 2.59 bits per heavy atom. The molecule has 1 aromatic carbocycles. The minimum absolute atomic E-state index is 0.0186. The normalized spacial score (nSPS) is 28.2. The van der Waals surface area contributed by atoms with E-state index in [2.05, 4.69) is 77.6 Å². The summed E-state index contributed by atoms with van der Waals surface area (Å²) in [5, 5.41) is 22.1. The molecule has 6 rings (SSSR count). The summed E-state index contributed by atoms with van der Waals surface area (Å²) < 4.78 is 0. The highest BCUT2D eigenvalue weighted by Gasteiger charge is 2.47. The molecule has 0 spiro atoms. The zero-order valence-corrected chi connectivity index (χ0v) is 25.2. The number of anilines is 2. The Hall–Kier alpha value is -2.75. The van der Waals surface area contributed by atoms with Gasteiger partial charge in [0.05, 0.1) is 23.2 Å². The second kappa shape index (κ2) is 10.8. The maximum absolute atomic E-state index is 11.1. The van der Waals surface area contributed by atoms with Gasteiger partial charge in [0.15, 0.2) is 0 Å². The number of imidazole rings is 1. The molecule has 9 heteroatoms. The van der Waals surface area contributed by atoms with Gasteiger partial charge in [0.25, 0.3) is 0 Å². The molecule has 1 aliphatic heterocycles. The summed E-state index contributed by atoms with van der Waals surface area (Å²) in [6.07, 6.45) is 4.88. The van der Waals surface area contributed by atoms with Gasteiger partial charge in [0.1, 0.15) is 29.9 Å². The molecule has 2 saturated carbocycles. The standard InChI is InChI=1S/C32H47N7O2/c1-18(2)38(16-21-13-26(29(41)28(21)40)39-9-8-23-30(33)34-17-35-31(23)39)15-20-10-19(11-20)12-27-36-24-7-6-22(32(3,4)5)14-25(24)37-27/h6-7,14,17-21,26,28-29,40-41H,8-13,15-16H2,1-5H3,(H,36,37)(H2,33,34,35)/t19?,20?,21-,26-,28-,29+/m1/s1. The molecule has 0 saturated heterocycles. The molecule has 0 bridgehead atoms. The lowest BCUT2D eigenvalue weighted by Crippen LogP contribution is -2.45. The fourth-order valence-electron chi connectivity index (χ4n) is 7.37. The van der Waals surface area contributed by atoms with Crippen LogP contribution in [0.5, 0.6) is 0 Å². The van der Waals surface area contributed by atoms with Crippen LogP contribution in [-0.4, -0.2) is 79.0 Å². The topological polar surface area (TPSA) is 127 Å². The van der Waals surface area contributed by atoms with Crippen molar-refractivity contribution in [3.05, 3.63) is 41.5 Å². The Kier molecular flexibility index (Phi) is 7.49. The summed E-state index contributed by atoms with van der Waals surface area (Å²) in [5.41, 5.74) is 10.7. The van der Waals surface area contributed by atoms with Gasteiger partial charge in [-0.3, -0.25) is 0 Å². The molecule has 2 fully saturated rings. The van der Waals surface area contributed by atoms with Crippen LogP contribution in [0.2, 0.25) is 0 Å². The van der Waals surface area contributed by atoms with Crippen molar-refractivity contribution >= 4 is 22.7 Å². The number of hydrogen-bond donors (Lipinski definition) is 4. The second-order valence-electron chi connectivity index (χ2n) is 14.2. The maximum atomic E-state index is 11.1. The van der Waals surface area contributed by atoms with Crippen LogP contribution in [0.25, 0.3) is 11.0 Å². The van der Waals surface area contributed by atoms with Crippen LogP contribution in [0, 0.1) is 17.8 Å². The van der Waals surface area contributed by atoms with Crippen molar-refractivity contribution in [1.82, 2.24) is 24.8 Å². The van der Waals surface area contributed by atoms with Crippen molar-refractivity contribution in [2.75, 3.05) is 30.3 Å². The zero-order chi connectivity index (χ0) is 29.1. The number of aromatic amines is 1. The number of nitrogens with zero attached hydrogens (tertiary/aromatic N) is 5. The van der Waals surface area contributed by atoms with Crippen LogP contribution in [0.1, 0.15) is 70.8 Å². The summed E-state index contributed by atoms with van der Waals surface area (Å²) in [6.45, 7) is 13.8. The second-order valence-corrected chi connectivity index (χ2v) is 14.2. The van der Waals surface area contributed by atoms with Crippen molar-refractivity contribution < 1.29 is 10.2 Å². The van der Waals surface area contributed by atoms with Crippen molar-refractivity contribution in [2.24, 2.45) is 17.8 Å². The number of fused-ring (bicyclic) bond motifs is 2. The number of aliphatic hydroxyl groups is 2. The first-order valence-corrected chi connectivity index (χ1v) is 15.4. The molecule has 3 aromatic rings. The average Bonchev–Trinajstić information content (AvgIpc) is 3.58. The fourth-order valence-corrected chi connectivity index (χ4v) is 7.37. The number of nitrogens with one attached hydrogen (secondary N) is 1. The molecule has 0 amide bonds. The average molecular weight is 562 g/mol. The molecular weight excluding hydrogens is 514 g/mol. The van der Waals surface area contributed by atoms with Gasteiger partial charge >= 0.3 is 0 Å². The molecule has 3 heterocycles. The number of hydrogen-bond acceptors (Lipinski definition) is 8. The van der Waals surface area contributed by atoms with Gasteiger partial charge in [-0.05, 0) is 74.5 Å². The molecule has 9 nitrogen and oxygen atoms in total. The van der Waals surface area contributed by atoms with E-state index in [0.717, 1.165) is 67.1 Å². The van der Waals surface area contributed by atoms with E-state index in [1.807, 2.05) is 0 Å². The van der Waals surface area contributed by atoms with Crippen molar-refractivity contribution in [3.8, 4) is 0 Å². The quantitative estimate of drug-likeness (QED) is 0.328. The number of H-pyrrole nitrogens is 1. The Morgan fingerprint density at radius 2 is 1.85 bits per heavy atom. The molecule has 222 valence electrons. The van der Waals surface area contributed by atoms with E-state index >= 15 is 0 Å². The van der Waals surface area contributed by atoms with Crippen LogP contribution in [-0.2, 0) is 18.3 Å². The number of nitrogens with two attached hydrogens (primary N) is 1. The van der Waals surface area contributed by atoms with E-state index in [-0.39, 0.29) is 17.4 Å². The van der Waals surface area contributed by atoms with Gasteiger partial charge in [-0.15, -0.1) is 0 Å². The SMILES string of the molecule is CC(C)N(CC1CC(Cc2nc3ccc(C(C)(C)C)cc3[nH]2)C1)C[C@H]1C[C@@H](N2CCc3c(N)ncnc32)[C@H](O)[C@@H]1O. The highest BCUT2D eigenvalue weighted by molar-refractivity contribution is 5.76. The first-order valence-electron chi connectivity index (χ1n) is 15.4. The maximum Gasteiger partial charge on any atom is 0.137 e. The van der Waals surface area contributed by atoms with E-state index in [9.17, 15) is 10.2 Å². The third kappa shape index (κ3) is 5.56. The molecule has 41 heavy (non-hydrogen) atoms. The lowest BCUT2D eigenvalue weighted by molar-refractivity contribution is 0.0000589. The van der Waals surface area contributed by atoms with Crippen molar-refractivity contribution in [1.29, 1.82) is 0 Å². The largest absolute Gasteiger partial charge is 0.390 e. The highest BCUT2D eigenvalue weighted by Crippen LogP contribution is 2.40. The zero-order valence-electron chi connectivity index (χ0n) is 25.2. The summed E-state index contributed by atoms with van der Waals surface area (Å²) in [5.74, 6) is 3.76. The summed E-state index contributed by atoms with van der Waals surface area (Å²) in [7, 11) is 0. The molecule has 5 N–H and O–H groups in total. The van der Waals surface area contributed by atoms with Gasteiger partial charge in [-0.25, -0.2) is 15.0 Å². The van der Waals surface area contributed by atoms with Crippen molar-refractivity contribution in [3.63, 3.8) is 0 Å². The van der Waals surface area contributed by atoms with E-state index in [4.69, 9.17) is 10.7 Å². The smallest absolute Gasteiger partial charge is 0.137 e. The van der Waals surface area contributed by atoms with Crippen LogP contribution in [0.4, 0.5) is 11.6 Å². The number of nitrogen functional groups attached to an aromatic ring is 1. The molecule has 3 aliphatic rings. The molecule has 0 unspecified atom stereocenters. The van der Waals surface area contributed by atoms with E-state index < -0.39 is 12.2 Å². The van der Waals surface area contributed by atoms with E-state index in [1.165, 1.54) is 24.7 Å². The first kappa shape index (κ1) is 28.4. The lowest BCUT2D eigenvalue weighted by Gasteiger charge is -2.41. The first-order chi connectivity index (χ1) is 19.5. The van der Waals surface area contributed by atoms with Gasteiger partial charge < -0.3 is 30.7 Å². The fraction of sp³-hybridized carbons (Fsp3) is 0.656.